The summed E-state index contributed by atoms with van der Waals surface area (Å²) in [6, 6.07) is 8.12. The number of nitrogens with one attached hydrogen (secondary N) is 2. The summed E-state index contributed by atoms with van der Waals surface area (Å²) in [5, 5.41) is 6.67. The van der Waals surface area contributed by atoms with Crippen LogP contribution in [-0.2, 0) is 0 Å². The Morgan fingerprint density at radius 1 is 1.25 bits per heavy atom. The molecule has 9 heteroatoms. The van der Waals surface area contributed by atoms with E-state index in [-0.39, 0.29) is 22.5 Å². The SMILES string of the molecule is CN[C@@H]1CCN(c2ccc(C(=O)Nc3cc(F)c4nc(C)cn4c3)c3oc(=O)ccc23)C1. The molecule has 0 bridgehead atoms. The number of pyridine rings is 1. The Kier molecular flexibility index (Phi) is 4.90. The van der Waals surface area contributed by atoms with E-state index >= 15 is 0 Å². The highest BCUT2D eigenvalue weighted by Gasteiger charge is 2.25. The zero-order valence-corrected chi connectivity index (χ0v) is 17.7. The summed E-state index contributed by atoms with van der Waals surface area (Å²) >= 11 is 0. The van der Waals surface area contributed by atoms with Gasteiger partial charge in [-0.15, -0.1) is 0 Å². The number of imidazole rings is 1. The van der Waals surface area contributed by atoms with E-state index in [4.69, 9.17) is 4.42 Å². The first-order valence-corrected chi connectivity index (χ1v) is 10.4. The van der Waals surface area contributed by atoms with E-state index in [1.165, 1.54) is 16.5 Å². The first kappa shape index (κ1) is 20.2. The summed E-state index contributed by atoms with van der Waals surface area (Å²) in [6.07, 6.45) is 4.26. The van der Waals surface area contributed by atoms with Crippen molar-refractivity contribution in [1.82, 2.24) is 14.7 Å². The van der Waals surface area contributed by atoms with Crippen molar-refractivity contribution in [1.29, 1.82) is 0 Å². The van der Waals surface area contributed by atoms with Crippen molar-refractivity contribution in [3.05, 3.63) is 70.2 Å². The fourth-order valence-electron chi connectivity index (χ4n) is 4.26. The molecule has 1 aromatic carbocycles. The van der Waals surface area contributed by atoms with Crippen molar-refractivity contribution in [2.75, 3.05) is 30.4 Å². The number of benzene rings is 1. The topological polar surface area (TPSA) is 91.9 Å². The van der Waals surface area contributed by atoms with Crippen LogP contribution in [0.1, 0.15) is 22.5 Å². The Morgan fingerprint density at radius 2 is 2.09 bits per heavy atom. The minimum atomic E-state index is -0.546. The molecule has 4 aromatic rings. The fraction of sp³-hybridized carbons (Fsp3) is 0.261. The first-order chi connectivity index (χ1) is 15.4. The summed E-state index contributed by atoms with van der Waals surface area (Å²) in [5.74, 6) is -1.04. The highest BCUT2D eigenvalue weighted by molar-refractivity contribution is 6.13. The zero-order chi connectivity index (χ0) is 22.4. The predicted octanol–water partition coefficient (Wildman–Crippen LogP) is 2.94. The first-order valence-electron chi connectivity index (χ1n) is 10.4. The van der Waals surface area contributed by atoms with E-state index in [0.29, 0.717) is 17.1 Å². The molecule has 2 N–H and O–H groups in total. The highest BCUT2D eigenvalue weighted by Crippen LogP contribution is 2.31. The number of aromatic nitrogens is 2. The molecule has 0 saturated carbocycles. The molecular formula is C23H22FN5O3. The second-order valence-corrected chi connectivity index (χ2v) is 7.99. The number of anilines is 2. The van der Waals surface area contributed by atoms with Gasteiger partial charge in [0.25, 0.3) is 5.91 Å². The Bertz CT molecular complexity index is 1410. The molecule has 1 aliphatic heterocycles. The van der Waals surface area contributed by atoms with Crippen molar-refractivity contribution >= 4 is 33.9 Å². The lowest BCUT2D eigenvalue weighted by Crippen LogP contribution is -2.29. The minimum Gasteiger partial charge on any atom is -0.422 e. The maximum absolute atomic E-state index is 14.4. The molecule has 164 valence electrons. The van der Waals surface area contributed by atoms with E-state index in [2.05, 4.69) is 20.5 Å². The monoisotopic (exact) mass is 435 g/mol. The molecule has 8 nitrogen and oxygen atoms in total. The fourth-order valence-corrected chi connectivity index (χ4v) is 4.26. The number of hydrogen-bond acceptors (Lipinski definition) is 6. The number of carbonyl (C=O) groups is 1. The number of rotatable bonds is 4. The molecule has 1 fully saturated rings. The van der Waals surface area contributed by atoms with Gasteiger partial charge in [0.05, 0.1) is 16.9 Å². The van der Waals surface area contributed by atoms with Crippen LogP contribution in [0.3, 0.4) is 0 Å². The number of aryl methyl sites for hydroxylation is 1. The molecule has 5 rings (SSSR count). The summed E-state index contributed by atoms with van der Waals surface area (Å²) in [5.41, 5.74) is 1.89. The number of likely N-dealkylation sites (N-methyl/N-ethyl adjacent to an activating group) is 1. The second kappa shape index (κ2) is 7.76. The van der Waals surface area contributed by atoms with E-state index < -0.39 is 17.3 Å². The predicted molar refractivity (Wildman–Crippen MR) is 120 cm³/mol. The van der Waals surface area contributed by atoms with E-state index in [1.807, 2.05) is 13.1 Å². The summed E-state index contributed by atoms with van der Waals surface area (Å²) in [4.78, 5) is 31.4. The smallest absolute Gasteiger partial charge is 0.336 e. The largest absolute Gasteiger partial charge is 0.422 e. The van der Waals surface area contributed by atoms with Crippen molar-refractivity contribution in [2.24, 2.45) is 0 Å². The van der Waals surface area contributed by atoms with Crippen LogP contribution >= 0.6 is 0 Å². The zero-order valence-electron chi connectivity index (χ0n) is 17.7. The molecule has 0 unspecified atom stereocenters. The number of carbonyl (C=O) groups excluding carboxylic acids is 1. The van der Waals surface area contributed by atoms with Crippen molar-refractivity contribution in [2.45, 2.75) is 19.4 Å². The van der Waals surface area contributed by atoms with Gasteiger partial charge in [-0.2, -0.15) is 0 Å². The Balaban J connectivity index is 1.53. The van der Waals surface area contributed by atoms with Crippen LogP contribution in [-0.4, -0.2) is 41.5 Å². The van der Waals surface area contributed by atoms with Gasteiger partial charge in [-0.05, 0) is 38.6 Å². The average molecular weight is 435 g/mol. The molecule has 1 aliphatic rings. The number of nitrogens with zero attached hydrogens (tertiary/aromatic N) is 3. The van der Waals surface area contributed by atoms with Gasteiger partial charge in [0.15, 0.2) is 17.0 Å². The van der Waals surface area contributed by atoms with Crippen molar-refractivity contribution < 1.29 is 13.6 Å². The molecule has 0 spiro atoms. The Morgan fingerprint density at radius 3 is 2.88 bits per heavy atom. The van der Waals surface area contributed by atoms with E-state index in [9.17, 15) is 14.0 Å². The number of halogens is 1. The van der Waals surface area contributed by atoms with Crippen LogP contribution in [0.15, 0.2) is 51.9 Å². The quantitative estimate of drug-likeness (QED) is 0.479. The molecule has 4 heterocycles. The molecule has 1 atom stereocenters. The van der Waals surface area contributed by atoms with Crippen LogP contribution in [0.25, 0.3) is 16.6 Å². The molecule has 0 aliphatic carbocycles. The van der Waals surface area contributed by atoms with Gasteiger partial charge in [0.2, 0.25) is 0 Å². The van der Waals surface area contributed by atoms with Crippen LogP contribution in [0.2, 0.25) is 0 Å². The normalized spacial score (nSPS) is 16.2. The van der Waals surface area contributed by atoms with Crippen LogP contribution in [0.5, 0.6) is 0 Å². The van der Waals surface area contributed by atoms with E-state index in [0.717, 1.165) is 25.2 Å². The maximum atomic E-state index is 14.4. The average Bonchev–Trinajstić information content (AvgIpc) is 3.39. The number of fused-ring (bicyclic) bond motifs is 2. The van der Waals surface area contributed by atoms with Gasteiger partial charge in [-0.3, -0.25) is 4.79 Å². The van der Waals surface area contributed by atoms with Gasteiger partial charge in [-0.1, -0.05) is 0 Å². The molecule has 32 heavy (non-hydrogen) atoms. The molecule has 1 amide bonds. The van der Waals surface area contributed by atoms with Gasteiger partial charge < -0.3 is 24.4 Å². The third-order valence-electron chi connectivity index (χ3n) is 5.83. The Hall–Kier alpha value is -3.72. The van der Waals surface area contributed by atoms with Gasteiger partial charge in [0, 0.05) is 54.7 Å². The molecule has 3 aromatic heterocycles. The number of hydrogen-bond donors (Lipinski definition) is 2. The van der Waals surface area contributed by atoms with Crippen molar-refractivity contribution in [3.8, 4) is 0 Å². The molecule has 1 saturated heterocycles. The standard InChI is InChI=1S/C23H22FN5O3/c1-13-10-29-12-15(9-18(24)22(29)26-13)27-23(31)17-3-5-19(28-8-7-14(11-28)25-2)16-4-6-20(30)32-21(16)17/h3-6,9-10,12,14,25H,7-8,11H2,1-2H3,(H,27,31)/t14-/m1/s1. The summed E-state index contributed by atoms with van der Waals surface area (Å²) in [7, 11) is 1.93. The third-order valence-corrected chi connectivity index (χ3v) is 5.83. The molecule has 0 radical (unpaired) electrons. The van der Waals surface area contributed by atoms with Crippen molar-refractivity contribution in [3.63, 3.8) is 0 Å². The van der Waals surface area contributed by atoms with Gasteiger partial charge >= 0.3 is 5.63 Å². The lowest BCUT2D eigenvalue weighted by atomic mass is 10.1. The van der Waals surface area contributed by atoms with E-state index in [1.54, 1.807) is 31.5 Å². The lowest BCUT2D eigenvalue weighted by molar-refractivity contribution is 0.102. The number of amides is 1. The molecular weight excluding hydrogens is 413 g/mol. The van der Waals surface area contributed by atoms with Crippen LogP contribution in [0.4, 0.5) is 15.8 Å². The van der Waals surface area contributed by atoms with Gasteiger partial charge in [-0.25, -0.2) is 14.2 Å². The highest BCUT2D eigenvalue weighted by atomic mass is 19.1. The van der Waals surface area contributed by atoms with Crippen LogP contribution in [0, 0.1) is 12.7 Å². The lowest BCUT2D eigenvalue weighted by Gasteiger charge is -2.21. The third kappa shape index (κ3) is 3.50. The summed E-state index contributed by atoms with van der Waals surface area (Å²) in [6.45, 7) is 3.44. The summed E-state index contributed by atoms with van der Waals surface area (Å²) < 4.78 is 21.4. The minimum absolute atomic E-state index is 0.187. The Labute approximate surface area is 182 Å². The van der Waals surface area contributed by atoms with Crippen LogP contribution < -0.4 is 21.2 Å². The maximum Gasteiger partial charge on any atom is 0.336 e. The van der Waals surface area contributed by atoms with Gasteiger partial charge in [0.1, 0.15) is 0 Å². The second-order valence-electron chi connectivity index (χ2n) is 7.99.